The Morgan fingerprint density at radius 2 is 2.08 bits per heavy atom. The molecule has 1 N–H and O–H groups in total. The lowest BCUT2D eigenvalue weighted by molar-refractivity contribution is -0.0541. The highest BCUT2D eigenvalue weighted by molar-refractivity contribution is 7.88. The Hall–Kier alpha value is -3.46. The summed E-state index contributed by atoms with van der Waals surface area (Å²) < 4.78 is 75.8. The zero-order chi connectivity index (χ0) is 26.5. The molecule has 1 aliphatic rings. The van der Waals surface area contributed by atoms with Gasteiger partial charge in [-0.3, -0.25) is 0 Å². The average molecular weight is 539 g/mol. The van der Waals surface area contributed by atoms with E-state index in [1.165, 1.54) is 23.2 Å². The Bertz CT molecular complexity index is 1570. The number of alkyl halides is 3. The van der Waals surface area contributed by atoms with Crippen LogP contribution >= 0.6 is 0 Å². The molecule has 5 rings (SSSR count). The Balaban J connectivity index is 1.48. The van der Waals surface area contributed by atoms with Crippen molar-refractivity contribution in [2.24, 2.45) is 0 Å². The molecule has 1 aliphatic heterocycles. The second kappa shape index (κ2) is 9.13. The Labute approximate surface area is 210 Å². The second-order valence-electron chi connectivity index (χ2n) is 9.07. The van der Waals surface area contributed by atoms with Crippen LogP contribution in [0, 0.1) is 0 Å². The molecule has 0 bridgehead atoms. The van der Waals surface area contributed by atoms with Gasteiger partial charge in [-0.1, -0.05) is 11.3 Å². The van der Waals surface area contributed by atoms with Crippen molar-refractivity contribution in [1.29, 1.82) is 0 Å². The SMILES string of the molecule is COc1nc(N[C@@H]2CCN(S(C)(=O)=O)CC2(F)F)nn2ccc(-c3ccc4nnn(C[C@@H](C)F)c4c3)c12. The van der Waals surface area contributed by atoms with Gasteiger partial charge in [0.1, 0.15) is 17.2 Å². The molecule has 37 heavy (non-hydrogen) atoms. The second-order valence-corrected chi connectivity index (χ2v) is 11.0. The lowest BCUT2D eigenvalue weighted by Crippen LogP contribution is -2.55. The summed E-state index contributed by atoms with van der Waals surface area (Å²) in [6, 6.07) is 5.85. The molecule has 0 amide bonds. The summed E-state index contributed by atoms with van der Waals surface area (Å²) in [6.07, 6.45) is 1.33. The van der Waals surface area contributed by atoms with Gasteiger partial charge in [0.15, 0.2) is 0 Å². The molecule has 2 atom stereocenters. The number of piperidine rings is 1. The van der Waals surface area contributed by atoms with Crippen LogP contribution in [0.2, 0.25) is 0 Å². The predicted octanol–water partition coefficient (Wildman–Crippen LogP) is 2.59. The maximum Gasteiger partial charge on any atom is 0.281 e. The van der Waals surface area contributed by atoms with Gasteiger partial charge in [0.25, 0.3) is 5.92 Å². The lowest BCUT2D eigenvalue weighted by atomic mass is 10.0. The van der Waals surface area contributed by atoms with E-state index in [0.29, 0.717) is 22.1 Å². The number of aromatic nitrogens is 6. The summed E-state index contributed by atoms with van der Waals surface area (Å²) in [5.41, 5.74) is 3.24. The molecule has 0 aliphatic carbocycles. The maximum atomic E-state index is 14.8. The Morgan fingerprint density at radius 1 is 1.30 bits per heavy atom. The number of anilines is 1. The molecule has 4 heterocycles. The summed E-state index contributed by atoms with van der Waals surface area (Å²) in [6.45, 7) is 0.531. The van der Waals surface area contributed by atoms with Crippen molar-refractivity contribution in [3.05, 3.63) is 30.5 Å². The first kappa shape index (κ1) is 25.2. The molecule has 4 aromatic rings. The van der Waals surface area contributed by atoms with Crippen LogP contribution in [0.3, 0.4) is 0 Å². The van der Waals surface area contributed by atoms with Crippen molar-refractivity contribution in [3.63, 3.8) is 0 Å². The summed E-state index contributed by atoms with van der Waals surface area (Å²) in [7, 11) is -2.32. The van der Waals surface area contributed by atoms with Crippen LogP contribution in [0.1, 0.15) is 13.3 Å². The highest BCUT2D eigenvalue weighted by Crippen LogP contribution is 2.34. The number of benzene rings is 1. The molecule has 1 fully saturated rings. The van der Waals surface area contributed by atoms with Gasteiger partial charge >= 0.3 is 0 Å². The first-order valence-electron chi connectivity index (χ1n) is 11.5. The number of hydrogen-bond acceptors (Lipinski definition) is 8. The van der Waals surface area contributed by atoms with Crippen LogP contribution in [0.15, 0.2) is 30.5 Å². The third kappa shape index (κ3) is 4.80. The van der Waals surface area contributed by atoms with Gasteiger partial charge in [0, 0.05) is 18.3 Å². The topological polar surface area (TPSA) is 120 Å². The summed E-state index contributed by atoms with van der Waals surface area (Å²) in [5.74, 6) is -3.27. The average Bonchev–Trinajstić information content (AvgIpc) is 3.42. The fourth-order valence-electron chi connectivity index (χ4n) is 4.46. The molecule has 1 aromatic carbocycles. The van der Waals surface area contributed by atoms with Crippen LogP contribution in [0.4, 0.5) is 19.1 Å². The quantitative estimate of drug-likeness (QED) is 0.381. The number of halogens is 3. The Morgan fingerprint density at radius 3 is 2.76 bits per heavy atom. The number of hydrogen-bond donors (Lipinski definition) is 1. The zero-order valence-corrected chi connectivity index (χ0v) is 21.1. The zero-order valence-electron chi connectivity index (χ0n) is 20.3. The van der Waals surface area contributed by atoms with Crippen molar-refractivity contribution in [1.82, 2.24) is 33.9 Å². The highest BCUT2D eigenvalue weighted by atomic mass is 32.2. The molecule has 15 heteroatoms. The van der Waals surface area contributed by atoms with Gasteiger partial charge in [0.05, 0.1) is 38.0 Å². The van der Waals surface area contributed by atoms with Crippen LogP contribution in [0.5, 0.6) is 5.88 Å². The standard InChI is InChI=1S/C22H25F3N8O3S/c1-13(23)11-33-17-10-14(4-5-16(17)28-30-33)15-6-9-32-19(15)20(36-2)27-21(29-32)26-18-7-8-31(37(3,34)35)12-22(18,24)25/h4-6,9-10,13,18H,7-8,11-12H2,1-3H3,(H,26,29)/t13-,18-/m1/s1. The minimum Gasteiger partial charge on any atom is -0.479 e. The van der Waals surface area contributed by atoms with Gasteiger partial charge in [-0.2, -0.15) is 9.29 Å². The summed E-state index contributed by atoms with van der Waals surface area (Å²) >= 11 is 0. The maximum absolute atomic E-state index is 14.8. The molecule has 3 aromatic heterocycles. The third-order valence-corrected chi connectivity index (χ3v) is 7.51. The van der Waals surface area contributed by atoms with Crippen molar-refractivity contribution >= 4 is 32.5 Å². The van der Waals surface area contributed by atoms with Gasteiger partial charge in [-0.15, -0.1) is 10.2 Å². The van der Waals surface area contributed by atoms with Gasteiger partial charge in [-0.05, 0) is 37.1 Å². The molecule has 0 spiro atoms. The van der Waals surface area contributed by atoms with Gasteiger partial charge in [0.2, 0.25) is 21.9 Å². The van der Waals surface area contributed by atoms with E-state index in [1.807, 2.05) is 12.1 Å². The molecular weight excluding hydrogens is 513 g/mol. The number of rotatable bonds is 7. The van der Waals surface area contributed by atoms with E-state index in [1.54, 1.807) is 18.3 Å². The monoisotopic (exact) mass is 538 g/mol. The number of nitrogens with zero attached hydrogens (tertiary/aromatic N) is 7. The van der Waals surface area contributed by atoms with Crippen LogP contribution in [0.25, 0.3) is 27.7 Å². The largest absolute Gasteiger partial charge is 0.479 e. The van der Waals surface area contributed by atoms with Crippen molar-refractivity contribution in [2.45, 2.75) is 38.0 Å². The fourth-order valence-corrected chi connectivity index (χ4v) is 5.30. The fraction of sp³-hybridized carbons (Fsp3) is 0.455. The van der Waals surface area contributed by atoms with E-state index in [0.717, 1.165) is 16.1 Å². The molecular formula is C22H25F3N8O3S. The number of fused-ring (bicyclic) bond motifs is 2. The molecule has 0 unspecified atom stereocenters. The third-order valence-electron chi connectivity index (χ3n) is 6.26. The Kier molecular flexibility index (Phi) is 6.22. The van der Waals surface area contributed by atoms with E-state index in [2.05, 4.69) is 25.7 Å². The number of nitrogens with one attached hydrogen (secondary N) is 1. The number of sulfonamides is 1. The van der Waals surface area contributed by atoms with Crippen LogP contribution in [-0.2, 0) is 16.6 Å². The molecule has 11 nitrogen and oxygen atoms in total. The molecule has 198 valence electrons. The summed E-state index contributed by atoms with van der Waals surface area (Å²) in [5, 5.41) is 15.1. The highest BCUT2D eigenvalue weighted by Gasteiger charge is 2.47. The minimum atomic E-state index is -3.73. The first-order valence-corrected chi connectivity index (χ1v) is 13.3. The van der Waals surface area contributed by atoms with Crippen LogP contribution < -0.4 is 10.1 Å². The van der Waals surface area contributed by atoms with E-state index < -0.39 is 34.7 Å². The summed E-state index contributed by atoms with van der Waals surface area (Å²) in [4.78, 5) is 4.30. The van der Waals surface area contributed by atoms with E-state index in [-0.39, 0.29) is 31.3 Å². The van der Waals surface area contributed by atoms with Crippen LogP contribution in [-0.4, -0.2) is 86.9 Å². The van der Waals surface area contributed by atoms with Crippen molar-refractivity contribution in [2.75, 3.05) is 31.8 Å². The van der Waals surface area contributed by atoms with E-state index in [9.17, 15) is 21.6 Å². The number of ether oxygens (including phenoxy) is 1. The van der Waals surface area contributed by atoms with Gasteiger partial charge in [-0.25, -0.2) is 30.8 Å². The van der Waals surface area contributed by atoms with Crippen molar-refractivity contribution in [3.8, 4) is 17.0 Å². The smallest absolute Gasteiger partial charge is 0.281 e. The van der Waals surface area contributed by atoms with E-state index >= 15 is 0 Å². The van der Waals surface area contributed by atoms with E-state index in [4.69, 9.17) is 4.74 Å². The minimum absolute atomic E-state index is 0.0474. The molecule has 0 saturated carbocycles. The predicted molar refractivity (Wildman–Crippen MR) is 130 cm³/mol. The normalized spacial score (nSPS) is 19.4. The lowest BCUT2D eigenvalue weighted by Gasteiger charge is -2.37. The van der Waals surface area contributed by atoms with Gasteiger partial charge < -0.3 is 10.1 Å². The molecule has 0 radical (unpaired) electrons. The van der Waals surface area contributed by atoms with Crippen molar-refractivity contribution < 1.29 is 26.3 Å². The first-order chi connectivity index (χ1) is 17.5. The molecule has 1 saturated heterocycles. The number of methoxy groups -OCH3 is 1.